The molecule has 0 spiro atoms. The van der Waals surface area contributed by atoms with Gasteiger partial charge in [-0.15, -0.1) is 6.07 Å². The quantitative estimate of drug-likeness (QED) is 0.132. The molecule has 2 aromatic carbocycles. The van der Waals surface area contributed by atoms with Crippen molar-refractivity contribution in [3.63, 3.8) is 0 Å². The van der Waals surface area contributed by atoms with Gasteiger partial charge in [-0.2, -0.15) is 24.3 Å². The number of Topliss-reactive ketones (excluding diaryl/α,β-unsaturated/α-hetero) is 1. The zero-order chi connectivity index (χ0) is 19.3. The molecule has 1 N–H and O–H groups in total. The van der Waals surface area contributed by atoms with Crippen molar-refractivity contribution < 1.29 is 64.6 Å². The summed E-state index contributed by atoms with van der Waals surface area (Å²) in [5, 5.41) is 2.73. The number of ether oxygens (including phenoxy) is 1. The minimum Gasteiger partial charge on any atom is -0.465 e. The van der Waals surface area contributed by atoms with Crippen LogP contribution in [0.1, 0.15) is 17.3 Å². The predicted molar refractivity (Wildman–Crippen MR) is 84.5 cm³/mol. The first-order chi connectivity index (χ1) is 12.4. The van der Waals surface area contributed by atoms with Crippen LogP contribution in [0.4, 0.5) is 23.2 Å². The van der Waals surface area contributed by atoms with Crippen LogP contribution in [0.5, 0.6) is 0 Å². The van der Waals surface area contributed by atoms with Crippen LogP contribution < -0.4 is 5.32 Å². The van der Waals surface area contributed by atoms with Gasteiger partial charge in [0.15, 0.2) is 29.1 Å². The molecule has 1 radical (unpaired) electrons. The van der Waals surface area contributed by atoms with Crippen molar-refractivity contribution in [2.75, 3.05) is 18.5 Å². The van der Waals surface area contributed by atoms with Crippen LogP contribution in [0, 0.1) is 35.3 Å². The number of rotatable bonds is 7. The molecule has 0 aromatic heterocycles. The Bertz CT molecular complexity index is 818. The predicted octanol–water partition coefficient (Wildman–Crippen LogP) is 3.51. The second kappa shape index (κ2) is 10.5. The number of carbonyl (C=O) groups excluding carboxylic acids is 2. The van der Waals surface area contributed by atoms with Gasteiger partial charge in [0.25, 0.3) is 0 Å². The number of anilines is 1. The molecule has 9 heteroatoms. The molecule has 1 atom stereocenters. The van der Waals surface area contributed by atoms with Crippen LogP contribution in [0.3, 0.4) is 0 Å². The van der Waals surface area contributed by atoms with Gasteiger partial charge in [-0.25, -0.2) is 17.6 Å². The molecule has 0 saturated carbocycles. The first kappa shape index (κ1) is 23.2. The van der Waals surface area contributed by atoms with E-state index in [-0.39, 0.29) is 51.9 Å². The smallest absolute Gasteiger partial charge is 0.318 e. The Morgan fingerprint density at radius 1 is 1.15 bits per heavy atom. The molecule has 0 aliphatic rings. The van der Waals surface area contributed by atoms with E-state index in [2.05, 4.69) is 11.4 Å². The fourth-order valence-corrected chi connectivity index (χ4v) is 2.18. The molecule has 0 saturated heterocycles. The van der Waals surface area contributed by atoms with Gasteiger partial charge in [-0.05, 0) is 13.0 Å². The molecule has 27 heavy (non-hydrogen) atoms. The largest absolute Gasteiger partial charge is 0.465 e. The van der Waals surface area contributed by atoms with Crippen LogP contribution in [-0.4, -0.2) is 24.9 Å². The van der Waals surface area contributed by atoms with E-state index in [1.807, 2.05) is 0 Å². The maximum absolute atomic E-state index is 13.9. The maximum Gasteiger partial charge on any atom is 0.318 e. The van der Waals surface area contributed by atoms with E-state index in [0.717, 1.165) is 0 Å². The summed E-state index contributed by atoms with van der Waals surface area (Å²) in [6, 6.07) is 9.55. The Labute approximate surface area is 178 Å². The zero-order valence-corrected chi connectivity index (χ0v) is 17.0. The van der Waals surface area contributed by atoms with E-state index < -0.39 is 46.5 Å². The second-order valence-electron chi connectivity index (χ2n) is 5.17. The van der Waals surface area contributed by atoms with E-state index >= 15 is 0 Å². The molecule has 0 amide bonds. The van der Waals surface area contributed by atoms with Gasteiger partial charge in [0.2, 0.25) is 0 Å². The second-order valence-corrected chi connectivity index (χ2v) is 5.17. The molecule has 0 aliphatic carbocycles. The molecule has 2 aromatic rings. The van der Waals surface area contributed by atoms with Gasteiger partial charge in [0, 0.05) is 39.3 Å². The zero-order valence-electron chi connectivity index (χ0n) is 14.2. The van der Waals surface area contributed by atoms with E-state index in [9.17, 15) is 27.2 Å². The maximum atomic E-state index is 13.9. The average molecular weight is 457 g/mol. The van der Waals surface area contributed by atoms with E-state index in [1.165, 1.54) is 6.92 Å². The van der Waals surface area contributed by atoms with Crippen molar-refractivity contribution in [2.45, 2.75) is 6.92 Å². The molecular weight excluding hydrogens is 443 g/mol. The van der Waals surface area contributed by atoms with Gasteiger partial charge in [-0.3, -0.25) is 9.59 Å². The number of ketones is 1. The third-order valence-electron chi connectivity index (χ3n) is 3.46. The minimum atomic E-state index is -2.12. The van der Waals surface area contributed by atoms with Gasteiger partial charge in [0.05, 0.1) is 12.2 Å². The molecule has 0 bridgehead atoms. The minimum absolute atomic E-state index is 0. The molecule has 141 valence electrons. The molecule has 0 heterocycles. The van der Waals surface area contributed by atoms with Gasteiger partial charge in [0.1, 0.15) is 5.92 Å². The monoisotopic (exact) mass is 457 g/mol. The molecule has 2 rings (SSSR count). The van der Waals surface area contributed by atoms with Crippen molar-refractivity contribution in [1.82, 2.24) is 0 Å². The molecule has 0 aliphatic heterocycles. The van der Waals surface area contributed by atoms with Crippen LogP contribution >= 0.6 is 0 Å². The Morgan fingerprint density at radius 3 is 2.44 bits per heavy atom. The summed E-state index contributed by atoms with van der Waals surface area (Å²) in [6.45, 7) is 1.10. The SMILES string of the molecule is CCOC(=O)C(CNc1[c-]cccc1)C(=O)c1cc(F)c(F)c(F)c1F.[Y]. The summed E-state index contributed by atoms with van der Waals surface area (Å²) >= 11 is 0. The number of nitrogens with one attached hydrogen (secondary N) is 1. The first-order valence-corrected chi connectivity index (χ1v) is 7.61. The normalized spacial score (nSPS) is 11.3. The van der Waals surface area contributed by atoms with Crippen LogP contribution in [0.15, 0.2) is 30.3 Å². The summed E-state index contributed by atoms with van der Waals surface area (Å²) < 4.78 is 58.5. The number of benzene rings is 2. The van der Waals surface area contributed by atoms with Crippen molar-refractivity contribution in [3.8, 4) is 0 Å². The number of halogens is 4. The number of hydrogen-bond donors (Lipinski definition) is 1. The van der Waals surface area contributed by atoms with Crippen LogP contribution in [0.2, 0.25) is 0 Å². The summed E-state index contributed by atoms with van der Waals surface area (Å²) in [6.07, 6.45) is 0. The Balaban J connectivity index is 0.00000364. The Morgan fingerprint density at radius 2 is 1.85 bits per heavy atom. The summed E-state index contributed by atoms with van der Waals surface area (Å²) in [5.74, 6) is -11.6. The fraction of sp³-hybridized carbons (Fsp3) is 0.222. The van der Waals surface area contributed by atoms with Crippen LogP contribution in [-0.2, 0) is 42.2 Å². The molecule has 0 fully saturated rings. The van der Waals surface area contributed by atoms with E-state index in [1.54, 1.807) is 24.3 Å². The van der Waals surface area contributed by atoms with Gasteiger partial charge in [-0.1, -0.05) is 5.69 Å². The molecular formula is C18H14F4NO3Y-. The number of para-hydroxylation sites is 1. The standard InChI is InChI=1S/C18H14F4NO3.Y/c1-2-26-18(25)12(9-23-10-6-4-3-5-7-10)17(24)11-8-13(19)15(21)16(22)14(11)20;/h3-6,8,12,23H,2,9H2,1H3;/q-1;. The summed E-state index contributed by atoms with van der Waals surface area (Å²) in [5.41, 5.74) is -0.634. The third-order valence-corrected chi connectivity index (χ3v) is 3.46. The number of esters is 1. The fourth-order valence-electron chi connectivity index (χ4n) is 2.18. The molecule has 1 unspecified atom stereocenters. The molecule has 4 nitrogen and oxygen atoms in total. The Kier molecular flexibility index (Phi) is 9.05. The Hall–Kier alpha value is -1.80. The van der Waals surface area contributed by atoms with Crippen molar-refractivity contribution in [3.05, 3.63) is 65.2 Å². The number of hydrogen-bond acceptors (Lipinski definition) is 4. The van der Waals surface area contributed by atoms with Crippen molar-refractivity contribution >= 4 is 17.4 Å². The van der Waals surface area contributed by atoms with Gasteiger partial charge >= 0.3 is 5.97 Å². The van der Waals surface area contributed by atoms with Crippen molar-refractivity contribution in [2.24, 2.45) is 5.92 Å². The third kappa shape index (κ3) is 5.59. The first-order valence-electron chi connectivity index (χ1n) is 7.61. The summed E-state index contributed by atoms with van der Waals surface area (Å²) in [7, 11) is 0. The van der Waals surface area contributed by atoms with Crippen molar-refractivity contribution in [1.29, 1.82) is 0 Å². The summed E-state index contributed by atoms with van der Waals surface area (Å²) in [4.78, 5) is 24.5. The van der Waals surface area contributed by atoms with E-state index in [4.69, 9.17) is 4.74 Å². The topological polar surface area (TPSA) is 55.4 Å². The average Bonchev–Trinajstić information content (AvgIpc) is 2.64. The van der Waals surface area contributed by atoms with Crippen LogP contribution in [0.25, 0.3) is 0 Å². The number of carbonyl (C=O) groups is 2. The van der Waals surface area contributed by atoms with Gasteiger partial charge < -0.3 is 10.1 Å². The van der Waals surface area contributed by atoms with E-state index in [0.29, 0.717) is 5.69 Å².